The van der Waals surface area contributed by atoms with Gasteiger partial charge in [0.2, 0.25) is 15.9 Å². The summed E-state index contributed by atoms with van der Waals surface area (Å²) in [5, 5.41) is 8.71. The van der Waals surface area contributed by atoms with Crippen molar-refractivity contribution in [3.63, 3.8) is 0 Å². The average Bonchev–Trinajstić information content (AvgIpc) is 2.88. The first-order valence-corrected chi connectivity index (χ1v) is 8.94. The van der Waals surface area contributed by atoms with E-state index in [0.717, 1.165) is 0 Å². The molecule has 0 radical (unpaired) electrons. The van der Waals surface area contributed by atoms with E-state index >= 15 is 0 Å². The summed E-state index contributed by atoms with van der Waals surface area (Å²) in [6, 6.07) is -0.671. The number of hydrogen-bond donors (Lipinski definition) is 1. The van der Waals surface area contributed by atoms with E-state index in [9.17, 15) is 18.0 Å². The summed E-state index contributed by atoms with van der Waals surface area (Å²) in [7, 11) is -3.41. The number of carbonyl (C=O) groups excluding carboxylic acids is 1. The van der Waals surface area contributed by atoms with Crippen molar-refractivity contribution in [1.82, 2.24) is 9.21 Å². The minimum Gasteiger partial charge on any atom is -0.481 e. The summed E-state index contributed by atoms with van der Waals surface area (Å²) in [5.74, 6) is -1.21. The molecule has 1 aliphatic heterocycles. The fourth-order valence-corrected chi connectivity index (χ4v) is 4.30. The Morgan fingerprint density at radius 2 is 2.00 bits per heavy atom. The lowest BCUT2D eigenvalue weighted by Crippen LogP contribution is -2.48. The van der Waals surface area contributed by atoms with Crippen molar-refractivity contribution >= 4 is 21.9 Å². The van der Waals surface area contributed by atoms with E-state index in [0.29, 0.717) is 32.4 Å². The minimum absolute atomic E-state index is 0.0397. The molecule has 122 valence electrons. The van der Waals surface area contributed by atoms with E-state index in [1.807, 2.05) is 0 Å². The van der Waals surface area contributed by atoms with Gasteiger partial charge in [0.05, 0.1) is 12.2 Å². The quantitative estimate of drug-likeness (QED) is 0.703. The van der Waals surface area contributed by atoms with Crippen LogP contribution in [-0.2, 0) is 19.6 Å². The molecule has 0 spiro atoms. The summed E-state index contributed by atoms with van der Waals surface area (Å²) >= 11 is 0. The van der Waals surface area contributed by atoms with E-state index in [-0.39, 0.29) is 24.6 Å². The maximum atomic E-state index is 12.5. The van der Waals surface area contributed by atoms with Gasteiger partial charge >= 0.3 is 5.97 Å². The molecule has 1 saturated heterocycles. The molecule has 0 aliphatic carbocycles. The number of likely N-dealkylation sites (N-methyl/N-ethyl adjacent to an activating group) is 1. The lowest BCUT2D eigenvalue weighted by Gasteiger charge is -2.28. The Morgan fingerprint density at radius 3 is 2.52 bits per heavy atom. The zero-order valence-electron chi connectivity index (χ0n) is 12.6. The summed E-state index contributed by atoms with van der Waals surface area (Å²) in [6.07, 6.45) is 1.55. The highest BCUT2D eigenvalue weighted by Gasteiger charge is 2.39. The summed E-state index contributed by atoms with van der Waals surface area (Å²) < 4.78 is 25.7. The first kappa shape index (κ1) is 17.9. The van der Waals surface area contributed by atoms with Crippen LogP contribution in [0.4, 0.5) is 0 Å². The van der Waals surface area contributed by atoms with Gasteiger partial charge < -0.3 is 10.0 Å². The number of hydrogen-bond acceptors (Lipinski definition) is 4. The molecule has 0 saturated carbocycles. The molecule has 1 rings (SSSR count). The van der Waals surface area contributed by atoms with Crippen molar-refractivity contribution in [2.45, 2.75) is 45.6 Å². The fraction of sp³-hybridized carbons (Fsp3) is 0.846. The van der Waals surface area contributed by atoms with E-state index in [2.05, 4.69) is 0 Å². The van der Waals surface area contributed by atoms with Crippen molar-refractivity contribution in [3.05, 3.63) is 0 Å². The summed E-state index contributed by atoms with van der Waals surface area (Å²) in [5.41, 5.74) is 0. The number of aliphatic carboxylic acids is 1. The normalized spacial score (nSPS) is 19.6. The van der Waals surface area contributed by atoms with Gasteiger partial charge in [-0.15, -0.1) is 0 Å². The van der Waals surface area contributed by atoms with Crippen molar-refractivity contribution in [2.75, 3.05) is 25.4 Å². The van der Waals surface area contributed by atoms with Crippen LogP contribution in [0.3, 0.4) is 0 Å². The molecule has 0 aromatic rings. The minimum atomic E-state index is -3.41. The molecular formula is C13H24N2O5S. The molecule has 1 N–H and O–H groups in total. The predicted octanol–water partition coefficient (Wildman–Crippen LogP) is 0.514. The lowest BCUT2D eigenvalue weighted by molar-refractivity contribution is -0.139. The van der Waals surface area contributed by atoms with E-state index in [4.69, 9.17) is 5.11 Å². The molecule has 1 fully saturated rings. The highest BCUT2D eigenvalue weighted by molar-refractivity contribution is 7.89. The van der Waals surface area contributed by atoms with Crippen LogP contribution in [0, 0.1) is 0 Å². The number of amides is 1. The number of rotatable bonds is 8. The third-order valence-electron chi connectivity index (χ3n) is 3.60. The van der Waals surface area contributed by atoms with E-state index < -0.39 is 22.0 Å². The molecular weight excluding hydrogens is 296 g/mol. The van der Waals surface area contributed by atoms with Gasteiger partial charge in [-0.3, -0.25) is 9.59 Å². The summed E-state index contributed by atoms with van der Waals surface area (Å²) in [4.78, 5) is 24.5. The maximum Gasteiger partial charge on any atom is 0.305 e. The molecule has 0 bridgehead atoms. The molecule has 0 aromatic heterocycles. The zero-order valence-corrected chi connectivity index (χ0v) is 13.4. The van der Waals surface area contributed by atoms with Crippen molar-refractivity contribution in [1.29, 1.82) is 0 Å². The monoisotopic (exact) mass is 320 g/mol. The Morgan fingerprint density at radius 1 is 1.33 bits per heavy atom. The zero-order chi connectivity index (χ0) is 16.0. The van der Waals surface area contributed by atoms with Gasteiger partial charge in [0.25, 0.3) is 0 Å². The Labute approximate surface area is 126 Å². The van der Waals surface area contributed by atoms with Crippen LogP contribution >= 0.6 is 0 Å². The molecule has 1 unspecified atom stereocenters. The van der Waals surface area contributed by atoms with Crippen LogP contribution in [0.2, 0.25) is 0 Å². The van der Waals surface area contributed by atoms with Crippen LogP contribution in [0.25, 0.3) is 0 Å². The summed E-state index contributed by atoms with van der Waals surface area (Å²) in [6.45, 7) is 4.41. The molecule has 8 heteroatoms. The van der Waals surface area contributed by atoms with Gasteiger partial charge in [-0.05, 0) is 26.2 Å². The smallest absolute Gasteiger partial charge is 0.305 e. The molecule has 21 heavy (non-hydrogen) atoms. The van der Waals surface area contributed by atoms with Crippen LogP contribution in [0.1, 0.15) is 39.5 Å². The van der Waals surface area contributed by atoms with Gasteiger partial charge in [-0.2, -0.15) is 4.31 Å². The lowest BCUT2D eigenvalue weighted by atomic mass is 10.2. The number of nitrogens with zero attached hydrogens (tertiary/aromatic N) is 2. The van der Waals surface area contributed by atoms with Gasteiger partial charge in [0.15, 0.2) is 0 Å². The van der Waals surface area contributed by atoms with Gasteiger partial charge in [-0.25, -0.2) is 8.42 Å². The van der Waals surface area contributed by atoms with Gasteiger partial charge in [0.1, 0.15) is 6.04 Å². The third kappa shape index (κ3) is 4.67. The molecule has 7 nitrogen and oxygen atoms in total. The molecule has 0 aromatic carbocycles. The van der Waals surface area contributed by atoms with E-state index in [1.54, 1.807) is 13.8 Å². The third-order valence-corrected chi connectivity index (χ3v) is 5.67. The second-order valence-electron chi connectivity index (χ2n) is 5.15. The average molecular weight is 320 g/mol. The molecule has 1 heterocycles. The number of carboxylic acids is 1. The standard InChI is InChI=1S/C13H24N2O5S/c1-3-10-21(19,20)15-8-5-6-11(15)13(18)14(4-2)9-7-12(16)17/h11H,3-10H2,1-2H3,(H,16,17). The number of sulfonamides is 1. The highest BCUT2D eigenvalue weighted by atomic mass is 32.2. The van der Waals surface area contributed by atoms with Crippen LogP contribution in [-0.4, -0.2) is 66.0 Å². The second-order valence-corrected chi connectivity index (χ2v) is 7.19. The maximum absolute atomic E-state index is 12.5. The Bertz CT molecular complexity index is 477. The molecule has 1 aliphatic rings. The van der Waals surface area contributed by atoms with Gasteiger partial charge in [-0.1, -0.05) is 6.92 Å². The topological polar surface area (TPSA) is 95.0 Å². The Balaban J connectivity index is 2.81. The van der Waals surface area contributed by atoms with Gasteiger partial charge in [0, 0.05) is 19.6 Å². The largest absolute Gasteiger partial charge is 0.481 e. The van der Waals surface area contributed by atoms with Crippen LogP contribution in [0.15, 0.2) is 0 Å². The van der Waals surface area contributed by atoms with Crippen molar-refractivity contribution in [2.24, 2.45) is 0 Å². The van der Waals surface area contributed by atoms with Crippen molar-refractivity contribution < 1.29 is 23.1 Å². The van der Waals surface area contributed by atoms with E-state index in [1.165, 1.54) is 9.21 Å². The fourth-order valence-electron chi connectivity index (χ4n) is 2.56. The number of carboxylic acid groups (broad SMARTS) is 1. The van der Waals surface area contributed by atoms with Crippen molar-refractivity contribution in [3.8, 4) is 0 Å². The Kier molecular flexibility index (Phi) is 6.60. The van der Waals surface area contributed by atoms with Crippen LogP contribution < -0.4 is 0 Å². The molecule has 1 amide bonds. The predicted molar refractivity (Wildman–Crippen MR) is 78.3 cm³/mol. The Hall–Kier alpha value is -1.15. The first-order chi connectivity index (χ1) is 9.83. The highest BCUT2D eigenvalue weighted by Crippen LogP contribution is 2.23. The number of carbonyl (C=O) groups is 2. The molecule has 1 atom stereocenters. The second kappa shape index (κ2) is 7.74. The first-order valence-electron chi connectivity index (χ1n) is 7.33. The van der Waals surface area contributed by atoms with Crippen LogP contribution in [0.5, 0.6) is 0 Å². The SMILES string of the molecule is CCCS(=O)(=O)N1CCCC1C(=O)N(CC)CCC(=O)O.